The van der Waals surface area contributed by atoms with Crippen LogP contribution < -0.4 is 10.1 Å². The number of rotatable bonds is 6. The number of methoxy groups -OCH3 is 2. The molecule has 0 spiro atoms. The van der Waals surface area contributed by atoms with Crippen molar-refractivity contribution in [3.63, 3.8) is 0 Å². The second kappa shape index (κ2) is 9.37. The molecule has 0 atom stereocenters. The highest BCUT2D eigenvalue weighted by Crippen LogP contribution is 2.34. The Kier molecular flexibility index (Phi) is 6.38. The summed E-state index contributed by atoms with van der Waals surface area (Å²) in [5.74, 6) is -0.474. The van der Waals surface area contributed by atoms with Gasteiger partial charge in [0, 0.05) is 6.20 Å². The maximum atomic E-state index is 13.3. The molecule has 0 saturated heterocycles. The lowest BCUT2D eigenvalue weighted by Gasteiger charge is -2.11. The smallest absolute Gasteiger partial charge is 0.337 e. The Hall–Kier alpha value is -3.43. The van der Waals surface area contributed by atoms with Crippen LogP contribution in [0, 0.1) is 0 Å². The number of amides is 1. The van der Waals surface area contributed by atoms with Gasteiger partial charge in [0.15, 0.2) is 0 Å². The highest BCUT2D eigenvalue weighted by Gasteiger charge is 2.22. The molecular formula is C23H18BrN3O4S. The maximum Gasteiger partial charge on any atom is 0.337 e. The van der Waals surface area contributed by atoms with Crippen molar-refractivity contribution in [1.82, 2.24) is 9.78 Å². The van der Waals surface area contributed by atoms with Crippen molar-refractivity contribution in [2.24, 2.45) is 0 Å². The molecule has 9 heteroatoms. The van der Waals surface area contributed by atoms with E-state index in [1.165, 1.54) is 31.6 Å². The molecule has 0 aliphatic heterocycles. The van der Waals surface area contributed by atoms with E-state index in [0.29, 0.717) is 28.3 Å². The molecule has 2 aromatic heterocycles. The second-order valence-electron chi connectivity index (χ2n) is 6.64. The number of hydrogen-bond acceptors (Lipinski definition) is 6. The van der Waals surface area contributed by atoms with Gasteiger partial charge in [0.05, 0.1) is 45.4 Å². The summed E-state index contributed by atoms with van der Waals surface area (Å²) in [5.41, 5.74) is 2.41. The third-order valence-corrected chi connectivity index (χ3v) is 6.29. The zero-order valence-corrected chi connectivity index (χ0v) is 19.6. The van der Waals surface area contributed by atoms with Crippen molar-refractivity contribution in [2.45, 2.75) is 0 Å². The van der Waals surface area contributed by atoms with Crippen LogP contribution in [0.15, 0.2) is 70.6 Å². The van der Waals surface area contributed by atoms with Gasteiger partial charge in [0.1, 0.15) is 11.4 Å². The van der Waals surface area contributed by atoms with Crippen LogP contribution in [0.2, 0.25) is 0 Å². The first-order valence-corrected chi connectivity index (χ1v) is 11.1. The summed E-state index contributed by atoms with van der Waals surface area (Å²) in [4.78, 5) is 26.1. The Morgan fingerprint density at radius 1 is 1.06 bits per heavy atom. The van der Waals surface area contributed by atoms with Crippen LogP contribution in [-0.2, 0) is 4.74 Å². The normalized spacial score (nSPS) is 10.6. The van der Waals surface area contributed by atoms with E-state index in [9.17, 15) is 9.59 Å². The van der Waals surface area contributed by atoms with E-state index in [0.717, 1.165) is 14.4 Å². The minimum absolute atomic E-state index is 0.297. The third-order valence-electron chi connectivity index (χ3n) is 4.65. The molecular weight excluding hydrogens is 494 g/mol. The summed E-state index contributed by atoms with van der Waals surface area (Å²) < 4.78 is 12.7. The first kappa shape index (κ1) is 21.8. The fourth-order valence-corrected chi connectivity index (χ4v) is 4.50. The van der Waals surface area contributed by atoms with E-state index in [-0.39, 0.29) is 5.91 Å². The van der Waals surface area contributed by atoms with Gasteiger partial charge in [-0.15, -0.1) is 11.3 Å². The summed E-state index contributed by atoms with van der Waals surface area (Å²) in [5, 5.41) is 7.52. The molecule has 4 rings (SSSR count). The molecule has 2 aromatic carbocycles. The monoisotopic (exact) mass is 511 g/mol. The van der Waals surface area contributed by atoms with Crippen molar-refractivity contribution in [3.8, 4) is 22.0 Å². The molecule has 0 saturated carbocycles. The number of thiophene rings is 1. The van der Waals surface area contributed by atoms with Gasteiger partial charge in [0.25, 0.3) is 5.91 Å². The molecule has 1 N–H and O–H groups in total. The van der Waals surface area contributed by atoms with E-state index < -0.39 is 5.97 Å². The SMILES string of the molecule is COC(=O)c1ccc(OC)c(NC(=O)c2cn(-c3ccccc3)nc2-c2ccc(Br)s2)c1. The zero-order chi connectivity index (χ0) is 22.7. The van der Waals surface area contributed by atoms with Gasteiger partial charge < -0.3 is 14.8 Å². The van der Waals surface area contributed by atoms with Crippen molar-refractivity contribution >= 4 is 44.8 Å². The number of carbonyl (C=O) groups excluding carboxylic acids is 2. The third kappa shape index (κ3) is 4.44. The van der Waals surface area contributed by atoms with E-state index in [1.807, 2.05) is 42.5 Å². The Bertz CT molecular complexity index is 1280. The predicted molar refractivity (Wildman–Crippen MR) is 127 cm³/mol. The fraction of sp³-hybridized carbons (Fsp3) is 0.0870. The molecule has 1 amide bonds. The fourth-order valence-electron chi connectivity index (χ4n) is 3.12. The van der Waals surface area contributed by atoms with Gasteiger partial charge >= 0.3 is 5.97 Å². The van der Waals surface area contributed by atoms with Crippen LogP contribution in [0.1, 0.15) is 20.7 Å². The van der Waals surface area contributed by atoms with E-state index in [1.54, 1.807) is 23.0 Å². The van der Waals surface area contributed by atoms with Crippen LogP contribution in [0.3, 0.4) is 0 Å². The van der Waals surface area contributed by atoms with Crippen molar-refractivity contribution in [1.29, 1.82) is 0 Å². The summed E-state index contributed by atoms with van der Waals surface area (Å²) in [7, 11) is 2.79. The lowest BCUT2D eigenvalue weighted by molar-refractivity contribution is 0.0600. The molecule has 0 radical (unpaired) electrons. The minimum atomic E-state index is -0.510. The predicted octanol–water partition coefficient (Wildman–Crippen LogP) is 5.41. The molecule has 4 aromatic rings. The molecule has 0 fully saturated rings. The van der Waals surface area contributed by atoms with Gasteiger partial charge in [-0.05, 0) is 58.4 Å². The molecule has 0 aliphatic carbocycles. The number of nitrogens with zero attached hydrogens (tertiary/aromatic N) is 2. The number of nitrogens with one attached hydrogen (secondary N) is 1. The summed E-state index contributed by atoms with van der Waals surface area (Å²) >= 11 is 4.95. The molecule has 0 aliphatic rings. The van der Waals surface area contributed by atoms with Gasteiger partial charge in [0.2, 0.25) is 0 Å². The van der Waals surface area contributed by atoms with Gasteiger partial charge in [-0.2, -0.15) is 5.10 Å². The lowest BCUT2D eigenvalue weighted by Crippen LogP contribution is -2.14. The highest BCUT2D eigenvalue weighted by atomic mass is 79.9. The Morgan fingerprint density at radius 3 is 2.50 bits per heavy atom. The van der Waals surface area contributed by atoms with Crippen molar-refractivity contribution in [2.75, 3.05) is 19.5 Å². The van der Waals surface area contributed by atoms with Gasteiger partial charge in [-0.3, -0.25) is 4.79 Å². The minimum Gasteiger partial charge on any atom is -0.495 e. The maximum absolute atomic E-state index is 13.3. The van der Waals surface area contributed by atoms with Crippen LogP contribution in [0.4, 0.5) is 5.69 Å². The summed E-state index contributed by atoms with van der Waals surface area (Å²) in [6.07, 6.45) is 1.68. The number of ether oxygens (including phenoxy) is 2. The van der Waals surface area contributed by atoms with Crippen LogP contribution in [-0.4, -0.2) is 35.9 Å². The quantitative estimate of drug-likeness (QED) is 0.350. The zero-order valence-electron chi connectivity index (χ0n) is 17.2. The molecule has 162 valence electrons. The van der Waals surface area contributed by atoms with E-state index >= 15 is 0 Å². The van der Waals surface area contributed by atoms with Crippen LogP contribution >= 0.6 is 27.3 Å². The standard InChI is InChI=1S/C23H18BrN3O4S/c1-30-18-9-8-14(23(29)31-2)12-17(18)25-22(28)16-13-27(15-6-4-3-5-7-15)26-21(16)19-10-11-20(24)32-19/h3-13H,1-2H3,(H,25,28). The van der Waals surface area contributed by atoms with E-state index in [2.05, 4.69) is 26.3 Å². The summed E-state index contributed by atoms with van der Waals surface area (Å²) in [6, 6.07) is 18.0. The number of benzene rings is 2. The molecule has 0 bridgehead atoms. The number of aromatic nitrogens is 2. The van der Waals surface area contributed by atoms with Crippen molar-refractivity contribution in [3.05, 3.63) is 81.8 Å². The van der Waals surface area contributed by atoms with Gasteiger partial charge in [-0.1, -0.05) is 18.2 Å². The Labute approximate surface area is 196 Å². The number of para-hydroxylation sites is 1. The first-order chi connectivity index (χ1) is 15.5. The average molecular weight is 512 g/mol. The molecule has 0 unspecified atom stereocenters. The number of anilines is 1. The lowest BCUT2D eigenvalue weighted by atomic mass is 10.1. The second-order valence-corrected chi connectivity index (χ2v) is 9.10. The molecule has 7 nitrogen and oxygen atoms in total. The molecule has 32 heavy (non-hydrogen) atoms. The highest BCUT2D eigenvalue weighted by molar-refractivity contribution is 9.11. The topological polar surface area (TPSA) is 82.5 Å². The average Bonchev–Trinajstić information content (AvgIpc) is 3.45. The van der Waals surface area contributed by atoms with E-state index in [4.69, 9.17) is 9.47 Å². The Morgan fingerprint density at radius 2 is 1.84 bits per heavy atom. The van der Waals surface area contributed by atoms with Gasteiger partial charge in [-0.25, -0.2) is 9.48 Å². The largest absolute Gasteiger partial charge is 0.495 e. The number of carbonyl (C=O) groups is 2. The first-order valence-electron chi connectivity index (χ1n) is 9.48. The summed E-state index contributed by atoms with van der Waals surface area (Å²) in [6.45, 7) is 0. The van der Waals surface area contributed by atoms with Crippen LogP contribution in [0.5, 0.6) is 5.75 Å². The number of esters is 1. The Balaban J connectivity index is 1.75. The molecule has 2 heterocycles. The number of hydrogen-bond donors (Lipinski definition) is 1. The number of halogens is 1. The van der Waals surface area contributed by atoms with Crippen LogP contribution in [0.25, 0.3) is 16.3 Å². The van der Waals surface area contributed by atoms with Crippen molar-refractivity contribution < 1.29 is 19.1 Å².